The Bertz CT molecular complexity index is 400. The van der Waals surface area contributed by atoms with Crippen LogP contribution in [0.4, 0.5) is 8.78 Å². The smallest absolute Gasteiger partial charge is 0.126 e. The fraction of sp³-hybridized carbons (Fsp3) is 0.600. The third-order valence-electron chi connectivity index (χ3n) is 3.59. The number of nitrogens with one attached hydrogen (secondary N) is 1. The average Bonchev–Trinajstić information content (AvgIpc) is 3.16. The molecule has 0 bridgehead atoms. The zero-order valence-corrected chi connectivity index (χ0v) is 11.5. The maximum Gasteiger partial charge on any atom is 0.126 e. The highest BCUT2D eigenvalue weighted by molar-refractivity contribution is 5.19. The molecule has 1 saturated carbocycles. The third-order valence-corrected chi connectivity index (χ3v) is 3.59. The quantitative estimate of drug-likeness (QED) is 0.822. The van der Waals surface area contributed by atoms with Crippen LogP contribution in [-0.2, 0) is 11.2 Å². The monoisotopic (exact) mass is 269 g/mol. The van der Waals surface area contributed by atoms with E-state index in [-0.39, 0.29) is 12.1 Å². The lowest BCUT2D eigenvalue weighted by molar-refractivity contribution is 0.0210. The molecule has 1 aromatic carbocycles. The van der Waals surface area contributed by atoms with Crippen molar-refractivity contribution in [1.29, 1.82) is 0 Å². The van der Waals surface area contributed by atoms with Gasteiger partial charge in [-0.25, -0.2) is 8.78 Å². The molecule has 1 aliphatic carbocycles. The number of likely N-dealkylation sites (N-methyl/N-ethyl adjacent to an activating group) is 1. The van der Waals surface area contributed by atoms with Crippen molar-refractivity contribution in [2.75, 3.05) is 13.7 Å². The topological polar surface area (TPSA) is 21.3 Å². The van der Waals surface area contributed by atoms with Gasteiger partial charge in [0.2, 0.25) is 0 Å². The van der Waals surface area contributed by atoms with Gasteiger partial charge in [0, 0.05) is 18.7 Å². The van der Waals surface area contributed by atoms with Crippen molar-refractivity contribution >= 4 is 0 Å². The molecule has 1 N–H and O–H groups in total. The van der Waals surface area contributed by atoms with Crippen LogP contribution in [0.3, 0.4) is 0 Å². The summed E-state index contributed by atoms with van der Waals surface area (Å²) in [7, 11) is 1.87. The van der Waals surface area contributed by atoms with Gasteiger partial charge in [-0.2, -0.15) is 0 Å². The molecule has 2 unspecified atom stereocenters. The summed E-state index contributed by atoms with van der Waals surface area (Å²) >= 11 is 0. The molecule has 0 heterocycles. The Hall–Kier alpha value is -1.00. The molecule has 19 heavy (non-hydrogen) atoms. The minimum absolute atomic E-state index is 0.0913. The predicted molar refractivity (Wildman–Crippen MR) is 71.0 cm³/mol. The molecule has 1 aromatic rings. The summed E-state index contributed by atoms with van der Waals surface area (Å²) < 4.78 is 32.2. The van der Waals surface area contributed by atoms with E-state index < -0.39 is 11.6 Å². The maximum atomic E-state index is 13.2. The molecule has 2 nitrogen and oxygen atoms in total. The van der Waals surface area contributed by atoms with Crippen LogP contribution >= 0.6 is 0 Å². The number of rotatable bonds is 7. The van der Waals surface area contributed by atoms with Crippen LogP contribution < -0.4 is 5.32 Å². The normalized spacial score (nSPS) is 18.3. The highest BCUT2D eigenvalue weighted by Gasteiger charge is 2.36. The summed E-state index contributed by atoms with van der Waals surface area (Å²) in [5.74, 6) is -0.468. The van der Waals surface area contributed by atoms with Crippen molar-refractivity contribution in [3.63, 3.8) is 0 Å². The van der Waals surface area contributed by atoms with Crippen molar-refractivity contribution < 1.29 is 13.5 Å². The first kappa shape index (κ1) is 14.4. The van der Waals surface area contributed by atoms with E-state index in [1.165, 1.54) is 25.0 Å². The molecule has 1 aliphatic rings. The van der Waals surface area contributed by atoms with Crippen LogP contribution in [0, 0.1) is 17.6 Å². The van der Waals surface area contributed by atoms with Crippen molar-refractivity contribution in [2.24, 2.45) is 5.92 Å². The number of benzene rings is 1. The number of ether oxygens (including phenoxy) is 1. The Morgan fingerprint density at radius 3 is 2.37 bits per heavy atom. The van der Waals surface area contributed by atoms with Gasteiger partial charge >= 0.3 is 0 Å². The van der Waals surface area contributed by atoms with E-state index >= 15 is 0 Å². The molecule has 0 spiro atoms. The van der Waals surface area contributed by atoms with Crippen LogP contribution in [0.2, 0.25) is 0 Å². The van der Waals surface area contributed by atoms with Crippen LogP contribution in [0.25, 0.3) is 0 Å². The molecule has 0 aromatic heterocycles. The first-order chi connectivity index (χ1) is 9.13. The summed E-state index contributed by atoms with van der Waals surface area (Å²) in [4.78, 5) is 0. The van der Waals surface area contributed by atoms with Gasteiger partial charge in [0.15, 0.2) is 0 Å². The minimum Gasteiger partial charge on any atom is -0.377 e. The highest BCUT2D eigenvalue weighted by Crippen LogP contribution is 2.36. The first-order valence-electron chi connectivity index (χ1n) is 6.88. The second-order valence-electron chi connectivity index (χ2n) is 5.13. The summed E-state index contributed by atoms with van der Waals surface area (Å²) in [6, 6.07) is 3.78. The van der Waals surface area contributed by atoms with Crippen molar-refractivity contribution in [3.05, 3.63) is 35.4 Å². The number of hydrogen-bond acceptors (Lipinski definition) is 2. The molecule has 0 radical (unpaired) electrons. The van der Waals surface area contributed by atoms with Crippen molar-refractivity contribution in [2.45, 2.75) is 38.3 Å². The summed E-state index contributed by atoms with van der Waals surface area (Å²) in [5, 5.41) is 3.23. The fourth-order valence-electron chi connectivity index (χ4n) is 2.56. The van der Waals surface area contributed by atoms with Crippen molar-refractivity contribution in [1.82, 2.24) is 5.32 Å². The molecule has 4 heteroatoms. The lowest BCUT2D eigenvalue weighted by Gasteiger charge is -2.27. The lowest BCUT2D eigenvalue weighted by Crippen LogP contribution is -2.42. The van der Waals surface area contributed by atoms with Gasteiger partial charge in [-0.1, -0.05) is 0 Å². The molecule has 1 fully saturated rings. The molecule has 0 aliphatic heterocycles. The zero-order chi connectivity index (χ0) is 13.8. The van der Waals surface area contributed by atoms with Gasteiger partial charge in [0.1, 0.15) is 11.6 Å². The Morgan fingerprint density at radius 2 is 1.89 bits per heavy atom. The van der Waals surface area contributed by atoms with Gasteiger partial charge < -0.3 is 10.1 Å². The van der Waals surface area contributed by atoms with Crippen LogP contribution in [0.5, 0.6) is 0 Å². The Balaban J connectivity index is 2.08. The molecule has 2 atom stereocenters. The maximum absolute atomic E-state index is 13.2. The van der Waals surface area contributed by atoms with Crippen LogP contribution in [0.1, 0.15) is 25.3 Å². The van der Waals surface area contributed by atoms with E-state index in [1.807, 2.05) is 14.0 Å². The summed E-state index contributed by atoms with van der Waals surface area (Å²) in [6.07, 6.45) is 3.06. The Morgan fingerprint density at radius 1 is 1.26 bits per heavy atom. The SMILES string of the molecule is CCOC(C1CC1)C(Cc1cc(F)cc(F)c1)NC. The van der Waals surface area contributed by atoms with Crippen LogP contribution in [0.15, 0.2) is 18.2 Å². The molecule has 0 saturated heterocycles. The lowest BCUT2D eigenvalue weighted by atomic mass is 9.98. The van der Waals surface area contributed by atoms with Gasteiger partial charge in [0.05, 0.1) is 6.10 Å². The Labute approximate surface area is 113 Å². The molecular formula is C15H21F2NO. The van der Waals surface area contributed by atoms with Gasteiger partial charge in [-0.15, -0.1) is 0 Å². The van der Waals surface area contributed by atoms with Crippen LogP contribution in [-0.4, -0.2) is 25.8 Å². The third kappa shape index (κ3) is 3.98. The first-order valence-corrected chi connectivity index (χ1v) is 6.88. The highest BCUT2D eigenvalue weighted by atomic mass is 19.1. The fourth-order valence-corrected chi connectivity index (χ4v) is 2.56. The van der Waals surface area contributed by atoms with E-state index in [0.717, 1.165) is 6.07 Å². The largest absolute Gasteiger partial charge is 0.377 e. The molecule has 2 rings (SSSR count). The number of hydrogen-bond donors (Lipinski definition) is 1. The second kappa shape index (κ2) is 6.44. The van der Waals surface area contributed by atoms with E-state index in [4.69, 9.17) is 4.74 Å². The minimum atomic E-state index is -0.524. The van der Waals surface area contributed by atoms with Crippen molar-refractivity contribution in [3.8, 4) is 0 Å². The van der Waals surface area contributed by atoms with E-state index in [0.29, 0.717) is 24.5 Å². The summed E-state index contributed by atoms with van der Waals surface area (Å²) in [5.41, 5.74) is 0.669. The van der Waals surface area contributed by atoms with E-state index in [1.54, 1.807) is 0 Å². The van der Waals surface area contributed by atoms with Gasteiger partial charge in [-0.3, -0.25) is 0 Å². The predicted octanol–water partition coefficient (Wildman–Crippen LogP) is 2.91. The number of halogens is 2. The second-order valence-corrected chi connectivity index (χ2v) is 5.13. The van der Waals surface area contributed by atoms with Gasteiger partial charge in [-0.05, 0) is 56.8 Å². The summed E-state index contributed by atoms with van der Waals surface area (Å²) in [6.45, 7) is 2.64. The molecule has 106 valence electrons. The standard InChI is InChI=1S/C15H21F2NO/c1-3-19-15(11-4-5-11)14(18-2)8-10-6-12(16)9-13(17)7-10/h6-7,9,11,14-15,18H,3-5,8H2,1-2H3. The molecular weight excluding hydrogens is 248 g/mol. The van der Waals surface area contributed by atoms with E-state index in [9.17, 15) is 8.78 Å². The average molecular weight is 269 g/mol. The molecule has 0 amide bonds. The Kier molecular flexibility index (Phi) is 4.88. The van der Waals surface area contributed by atoms with E-state index in [2.05, 4.69) is 5.32 Å². The van der Waals surface area contributed by atoms with Gasteiger partial charge in [0.25, 0.3) is 0 Å². The zero-order valence-electron chi connectivity index (χ0n) is 11.5.